The Bertz CT molecular complexity index is 972. The van der Waals surface area contributed by atoms with Gasteiger partial charge < -0.3 is 0 Å². The zero-order valence-electron chi connectivity index (χ0n) is 13.9. The second-order valence-electron chi connectivity index (χ2n) is 6.29. The largest absolute Gasteiger partial charge is 0.291 e. The minimum absolute atomic E-state index is 0.144. The second-order valence-corrected chi connectivity index (χ2v) is 6.93. The van der Waals surface area contributed by atoms with Crippen LogP contribution < -0.4 is 4.90 Å². The lowest BCUT2D eigenvalue weighted by atomic mass is 9.84. The molecule has 0 radical (unpaired) electrons. The van der Waals surface area contributed by atoms with E-state index >= 15 is 0 Å². The van der Waals surface area contributed by atoms with E-state index in [2.05, 4.69) is 0 Å². The number of hydrogen-bond donors (Lipinski definition) is 0. The summed E-state index contributed by atoms with van der Waals surface area (Å²) in [5.41, 5.74) is 2.56. The highest BCUT2D eigenvalue weighted by molar-refractivity contribution is 6.53. The lowest BCUT2D eigenvalue weighted by molar-refractivity contribution is -0.119. The van der Waals surface area contributed by atoms with Crippen LogP contribution in [0.25, 0.3) is 0 Å². The summed E-state index contributed by atoms with van der Waals surface area (Å²) >= 11 is 6.74. The van der Waals surface area contributed by atoms with Crippen LogP contribution in [0.4, 0.5) is 11.4 Å². The van der Waals surface area contributed by atoms with Gasteiger partial charge in [-0.05, 0) is 29.8 Å². The standard InChI is InChI=1S/C22H16ClNO2/c23-22(15-16-9-3-1-4-10-16)20(25)18-13-7-8-14-19(18)24(21(22)26)17-11-5-2-6-12-17/h1-14H,15H2/t22-/m0/s1. The highest BCUT2D eigenvalue weighted by Gasteiger charge is 2.52. The maximum atomic E-state index is 13.4. The number of para-hydroxylation sites is 2. The molecule has 0 N–H and O–H groups in total. The van der Waals surface area contributed by atoms with E-state index in [0.29, 0.717) is 16.9 Å². The molecule has 4 rings (SSSR count). The summed E-state index contributed by atoms with van der Waals surface area (Å²) in [5.74, 6) is -0.770. The number of halogens is 1. The van der Waals surface area contributed by atoms with E-state index in [1.807, 2.05) is 66.7 Å². The van der Waals surface area contributed by atoms with E-state index in [4.69, 9.17) is 11.6 Å². The Morgan fingerprint density at radius 3 is 2.04 bits per heavy atom. The molecular formula is C22H16ClNO2. The maximum absolute atomic E-state index is 13.4. The first kappa shape index (κ1) is 16.6. The SMILES string of the molecule is O=C1c2ccccc2N(c2ccccc2)C(=O)[C@]1(Cl)Cc1ccccc1. The molecule has 3 aromatic carbocycles. The third-order valence-electron chi connectivity index (χ3n) is 4.60. The summed E-state index contributed by atoms with van der Waals surface area (Å²) in [6.45, 7) is 0. The smallest absolute Gasteiger partial charge is 0.261 e. The number of Topliss-reactive ketones (excluding diaryl/α,β-unsaturated/α-hetero) is 1. The van der Waals surface area contributed by atoms with Crippen molar-refractivity contribution in [3.63, 3.8) is 0 Å². The van der Waals surface area contributed by atoms with E-state index in [1.54, 1.807) is 23.1 Å². The van der Waals surface area contributed by atoms with Crippen molar-refractivity contribution in [2.45, 2.75) is 11.3 Å². The van der Waals surface area contributed by atoms with Crippen molar-refractivity contribution in [2.75, 3.05) is 4.90 Å². The summed E-state index contributed by atoms with van der Waals surface area (Å²) < 4.78 is 0. The number of rotatable bonds is 3. The molecule has 128 valence electrons. The zero-order valence-corrected chi connectivity index (χ0v) is 14.7. The number of carbonyl (C=O) groups excluding carboxylic acids is 2. The average Bonchev–Trinajstić information content (AvgIpc) is 2.68. The molecule has 1 heterocycles. The van der Waals surface area contributed by atoms with Crippen molar-refractivity contribution in [3.05, 3.63) is 96.1 Å². The molecule has 0 spiro atoms. The zero-order chi connectivity index (χ0) is 18.1. The number of nitrogens with zero attached hydrogens (tertiary/aromatic N) is 1. The summed E-state index contributed by atoms with van der Waals surface area (Å²) in [6.07, 6.45) is 0.144. The normalized spacial score (nSPS) is 19.3. The molecule has 0 unspecified atom stereocenters. The Balaban J connectivity index is 1.87. The first-order chi connectivity index (χ1) is 12.6. The second kappa shape index (κ2) is 6.43. The van der Waals surface area contributed by atoms with Gasteiger partial charge in [-0.3, -0.25) is 14.5 Å². The molecule has 26 heavy (non-hydrogen) atoms. The van der Waals surface area contributed by atoms with E-state index < -0.39 is 10.8 Å². The minimum atomic E-state index is -1.66. The molecule has 0 bridgehead atoms. The van der Waals surface area contributed by atoms with Crippen molar-refractivity contribution in [1.29, 1.82) is 0 Å². The summed E-state index contributed by atoms with van der Waals surface area (Å²) in [7, 11) is 0. The highest BCUT2D eigenvalue weighted by atomic mass is 35.5. The van der Waals surface area contributed by atoms with Crippen molar-refractivity contribution in [2.24, 2.45) is 0 Å². The van der Waals surface area contributed by atoms with Crippen LogP contribution in [-0.4, -0.2) is 16.6 Å². The number of carbonyl (C=O) groups is 2. The summed E-state index contributed by atoms with van der Waals surface area (Å²) in [5, 5.41) is 0. The monoisotopic (exact) mass is 361 g/mol. The Kier molecular flexibility index (Phi) is 4.09. The molecule has 0 saturated heterocycles. The van der Waals surface area contributed by atoms with Gasteiger partial charge in [0.2, 0.25) is 0 Å². The number of fused-ring (bicyclic) bond motifs is 1. The van der Waals surface area contributed by atoms with Crippen molar-refractivity contribution < 1.29 is 9.59 Å². The third-order valence-corrected chi connectivity index (χ3v) is 5.06. The van der Waals surface area contributed by atoms with Gasteiger partial charge in [-0.15, -0.1) is 0 Å². The molecule has 0 saturated carbocycles. The predicted molar refractivity (Wildman–Crippen MR) is 103 cm³/mol. The van der Waals surface area contributed by atoms with Crippen LogP contribution in [0.1, 0.15) is 15.9 Å². The average molecular weight is 362 g/mol. The van der Waals surface area contributed by atoms with Gasteiger partial charge in [-0.25, -0.2) is 0 Å². The van der Waals surface area contributed by atoms with Crippen LogP contribution >= 0.6 is 11.6 Å². The van der Waals surface area contributed by atoms with Gasteiger partial charge in [0.1, 0.15) is 0 Å². The van der Waals surface area contributed by atoms with Gasteiger partial charge in [-0.1, -0.05) is 72.3 Å². The third kappa shape index (κ3) is 2.61. The van der Waals surface area contributed by atoms with Gasteiger partial charge >= 0.3 is 0 Å². The summed E-state index contributed by atoms with van der Waals surface area (Å²) in [4.78, 5) is 26.4. The molecular weight excluding hydrogens is 346 g/mol. The van der Waals surface area contributed by atoms with E-state index in [1.165, 1.54) is 0 Å². The predicted octanol–water partition coefficient (Wildman–Crippen LogP) is 4.77. The quantitative estimate of drug-likeness (QED) is 0.498. The molecule has 1 atom stereocenters. The van der Waals surface area contributed by atoms with Crippen molar-refractivity contribution in [3.8, 4) is 0 Å². The van der Waals surface area contributed by atoms with Crippen LogP contribution in [0.15, 0.2) is 84.9 Å². The molecule has 3 nitrogen and oxygen atoms in total. The Morgan fingerprint density at radius 1 is 0.769 bits per heavy atom. The van der Waals surface area contributed by atoms with E-state index in [-0.39, 0.29) is 12.2 Å². The minimum Gasteiger partial charge on any atom is -0.291 e. The van der Waals surface area contributed by atoms with Gasteiger partial charge in [-0.2, -0.15) is 0 Å². The fourth-order valence-corrected chi connectivity index (χ4v) is 3.66. The first-order valence-corrected chi connectivity index (χ1v) is 8.75. The van der Waals surface area contributed by atoms with Gasteiger partial charge in [0, 0.05) is 17.7 Å². The van der Waals surface area contributed by atoms with Gasteiger partial charge in [0.15, 0.2) is 10.7 Å². The highest BCUT2D eigenvalue weighted by Crippen LogP contribution is 2.42. The number of anilines is 2. The van der Waals surface area contributed by atoms with Crippen LogP contribution in [0.3, 0.4) is 0 Å². The fourth-order valence-electron chi connectivity index (χ4n) is 3.32. The molecule has 1 aliphatic rings. The number of benzene rings is 3. The first-order valence-electron chi connectivity index (χ1n) is 8.37. The lowest BCUT2D eigenvalue weighted by Crippen LogP contribution is -2.54. The number of amides is 1. The number of hydrogen-bond acceptors (Lipinski definition) is 2. The lowest BCUT2D eigenvalue weighted by Gasteiger charge is -2.37. The molecule has 1 amide bonds. The Hall–Kier alpha value is -2.91. The van der Waals surface area contributed by atoms with Crippen LogP contribution in [0.2, 0.25) is 0 Å². The molecule has 3 aromatic rings. The number of alkyl halides is 1. The molecule has 0 aromatic heterocycles. The van der Waals surface area contributed by atoms with Crippen LogP contribution in [0.5, 0.6) is 0 Å². The maximum Gasteiger partial charge on any atom is 0.261 e. The van der Waals surface area contributed by atoms with Gasteiger partial charge in [0.05, 0.1) is 5.69 Å². The Morgan fingerprint density at radius 2 is 1.35 bits per heavy atom. The molecule has 0 aliphatic carbocycles. The van der Waals surface area contributed by atoms with Crippen molar-refractivity contribution in [1.82, 2.24) is 0 Å². The molecule has 0 fully saturated rings. The topological polar surface area (TPSA) is 37.4 Å². The van der Waals surface area contributed by atoms with Crippen LogP contribution in [0, 0.1) is 0 Å². The fraction of sp³-hybridized carbons (Fsp3) is 0.0909. The number of ketones is 1. The van der Waals surface area contributed by atoms with E-state index in [0.717, 1.165) is 5.56 Å². The van der Waals surface area contributed by atoms with E-state index in [9.17, 15) is 9.59 Å². The van der Waals surface area contributed by atoms with Crippen molar-refractivity contribution >= 4 is 34.7 Å². The van der Waals surface area contributed by atoms with Gasteiger partial charge in [0.25, 0.3) is 5.91 Å². The molecule has 4 heteroatoms. The van der Waals surface area contributed by atoms with Crippen LogP contribution in [-0.2, 0) is 11.2 Å². The summed E-state index contributed by atoms with van der Waals surface area (Å²) in [6, 6.07) is 25.7. The molecule has 1 aliphatic heterocycles. The Labute approximate surface area is 156 Å².